The monoisotopic (exact) mass is 336 g/mol. The molecule has 1 aromatic carbocycles. The van der Waals surface area contributed by atoms with Crippen LogP contribution in [0.3, 0.4) is 0 Å². The van der Waals surface area contributed by atoms with Crippen LogP contribution in [0.5, 0.6) is 11.5 Å². The first kappa shape index (κ1) is 11.2. The number of phenols is 1. The van der Waals surface area contributed by atoms with E-state index in [0.717, 1.165) is 16.6 Å². The van der Waals surface area contributed by atoms with E-state index in [2.05, 4.69) is 31.9 Å². The van der Waals surface area contributed by atoms with Gasteiger partial charge in [-0.2, -0.15) is 0 Å². The molecule has 1 fully saturated rings. The zero-order valence-corrected chi connectivity index (χ0v) is 11.3. The highest BCUT2D eigenvalue weighted by Gasteiger charge is 2.24. The van der Waals surface area contributed by atoms with Crippen molar-refractivity contribution < 1.29 is 14.6 Å². The summed E-state index contributed by atoms with van der Waals surface area (Å²) in [5, 5.41) is 9.61. The van der Waals surface area contributed by atoms with Crippen molar-refractivity contribution in [3.8, 4) is 11.5 Å². The van der Waals surface area contributed by atoms with Crippen molar-refractivity contribution in [2.75, 3.05) is 13.2 Å². The summed E-state index contributed by atoms with van der Waals surface area (Å²) in [6.45, 7) is 3.17. The van der Waals surface area contributed by atoms with Crippen LogP contribution in [0.15, 0.2) is 15.0 Å². The molecule has 0 bridgehead atoms. The molecule has 1 saturated heterocycles. The summed E-state index contributed by atoms with van der Waals surface area (Å²) in [5.74, 6) is 0.811. The van der Waals surface area contributed by atoms with Gasteiger partial charge in [0.15, 0.2) is 5.75 Å². The lowest BCUT2D eigenvalue weighted by atomic mass is 10.2. The maximum Gasteiger partial charge on any atom is 0.151 e. The van der Waals surface area contributed by atoms with E-state index >= 15 is 0 Å². The largest absolute Gasteiger partial charge is 0.507 e. The van der Waals surface area contributed by atoms with Crippen LogP contribution in [0.25, 0.3) is 0 Å². The summed E-state index contributed by atoms with van der Waals surface area (Å²) < 4.78 is 12.1. The Labute approximate surface area is 105 Å². The number of epoxide rings is 1. The number of ether oxygens (including phenoxy) is 2. The Kier molecular flexibility index (Phi) is 3.23. The summed E-state index contributed by atoms with van der Waals surface area (Å²) >= 11 is 6.72. The number of halogens is 2. The van der Waals surface area contributed by atoms with Crippen molar-refractivity contribution in [1.82, 2.24) is 0 Å². The van der Waals surface area contributed by atoms with Gasteiger partial charge in [0, 0.05) is 0 Å². The van der Waals surface area contributed by atoms with Crippen LogP contribution < -0.4 is 4.74 Å². The SMILES string of the molecule is Cc1cc(O)c(Br)c(OCC2CO2)c1Br. The van der Waals surface area contributed by atoms with Crippen molar-refractivity contribution in [3.05, 3.63) is 20.6 Å². The molecule has 0 aliphatic carbocycles. The van der Waals surface area contributed by atoms with E-state index in [4.69, 9.17) is 9.47 Å². The molecule has 1 aliphatic heterocycles. The molecule has 82 valence electrons. The Morgan fingerprint density at radius 2 is 2.20 bits per heavy atom. The Balaban J connectivity index is 2.25. The van der Waals surface area contributed by atoms with Gasteiger partial charge in [-0.1, -0.05) is 0 Å². The summed E-state index contributed by atoms with van der Waals surface area (Å²) in [6, 6.07) is 1.68. The molecular weight excluding hydrogens is 328 g/mol. The molecule has 1 heterocycles. The topological polar surface area (TPSA) is 42.0 Å². The number of benzene rings is 1. The highest BCUT2D eigenvalue weighted by atomic mass is 79.9. The molecule has 5 heteroatoms. The highest BCUT2D eigenvalue weighted by Crippen LogP contribution is 2.42. The summed E-state index contributed by atoms with van der Waals surface area (Å²) in [5.41, 5.74) is 0.933. The van der Waals surface area contributed by atoms with E-state index < -0.39 is 0 Å². The second-order valence-corrected chi connectivity index (χ2v) is 5.02. The molecule has 15 heavy (non-hydrogen) atoms. The summed E-state index contributed by atoms with van der Waals surface area (Å²) in [6.07, 6.45) is 0.200. The predicted molar refractivity (Wildman–Crippen MR) is 63.5 cm³/mol. The Bertz CT molecular complexity index is 362. The fourth-order valence-corrected chi connectivity index (χ4v) is 2.31. The van der Waals surface area contributed by atoms with E-state index in [1.165, 1.54) is 0 Å². The normalized spacial score (nSPS) is 19.0. The van der Waals surface area contributed by atoms with Crippen LogP contribution in [-0.4, -0.2) is 24.4 Å². The van der Waals surface area contributed by atoms with Gasteiger partial charge in [-0.05, 0) is 50.4 Å². The van der Waals surface area contributed by atoms with E-state index in [0.29, 0.717) is 16.8 Å². The number of aryl methyl sites for hydroxylation is 1. The molecule has 0 amide bonds. The molecule has 1 N–H and O–H groups in total. The first-order valence-electron chi connectivity index (χ1n) is 4.51. The number of phenolic OH excluding ortho intramolecular Hbond substituents is 1. The number of aromatic hydroxyl groups is 1. The van der Waals surface area contributed by atoms with Gasteiger partial charge in [-0.25, -0.2) is 0 Å². The minimum absolute atomic E-state index is 0.183. The van der Waals surface area contributed by atoms with Crippen molar-refractivity contribution in [1.29, 1.82) is 0 Å². The molecule has 0 radical (unpaired) electrons. The lowest BCUT2D eigenvalue weighted by Crippen LogP contribution is -2.05. The van der Waals surface area contributed by atoms with Crippen molar-refractivity contribution in [3.63, 3.8) is 0 Å². The Morgan fingerprint density at radius 3 is 2.80 bits per heavy atom. The van der Waals surface area contributed by atoms with Crippen LogP contribution in [0.1, 0.15) is 5.56 Å². The van der Waals surface area contributed by atoms with Gasteiger partial charge in [0.1, 0.15) is 22.9 Å². The molecule has 2 rings (SSSR count). The maximum absolute atomic E-state index is 9.61. The van der Waals surface area contributed by atoms with Gasteiger partial charge in [-0.15, -0.1) is 0 Å². The van der Waals surface area contributed by atoms with Crippen LogP contribution in [-0.2, 0) is 4.74 Å². The van der Waals surface area contributed by atoms with Crippen LogP contribution in [0.4, 0.5) is 0 Å². The fraction of sp³-hybridized carbons (Fsp3) is 0.400. The third-order valence-corrected chi connectivity index (χ3v) is 3.89. The minimum Gasteiger partial charge on any atom is -0.507 e. The molecule has 1 aliphatic rings. The number of hydrogen-bond donors (Lipinski definition) is 1. The quantitative estimate of drug-likeness (QED) is 0.862. The van der Waals surface area contributed by atoms with Gasteiger partial charge in [-0.3, -0.25) is 0 Å². The molecule has 3 nitrogen and oxygen atoms in total. The lowest BCUT2D eigenvalue weighted by molar-refractivity contribution is 0.259. The third-order valence-electron chi connectivity index (χ3n) is 2.14. The maximum atomic E-state index is 9.61. The molecule has 1 aromatic rings. The average molecular weight is 338 g/mol. The van der Waals surface area contributed by atoms with Gasteiger partial charge in [0.05, 0.1) is 11.1 Å². The molecule has 1 atom stereocenters. The Morgan fingerprint density at radius 1 is 1.53 bits per heavy atom. The molecular formula is C10H10Br2O3. The molecule has 1 unspecified atom stereocenters. The third kappa shape index (κ3) is 2.46. The molecule has 0 aromatic heterocycles. The average Bonchev–Trinajstić information content (AvgIpc) is 2.99. The predicted octanol–water partition coefficient (Wildman–Crippen LogP) is 3.00. The summed E-state index contributed by atoms with van der Waals surface area (Å²) in [4.78, 5) is 0. The van der Waals surface area contributed by atoms with Crippen molar-refractivity contribution in [2.24, 2.45) is 0 Å². The smallest absolute Gasteiger partial charge is 0.151 e. The van der Waals surface area contributed by atoms with E-state index in [1.54, 1.807) is 6.07 Å². The van der Waals surface area contributed by atoms with E-state index in [9.17, 15) is 5.11 Å². The van der Waals surface area contributed by atoms with Gasteiger partial charge in [0.2, 0.25) is 0 Å². The first-order valence-corrected chi connectivity index (χ1v) is 6.10. The first-order chi connectivity index (χ1) is 7.09. The van der Waals surface area contributed by atoms with Crippen LogP contribution >= 0.6 is 31.9 Å². The fourth-order valence-electron chi connectivity index (χ4n) is 1.19. The van der Waals surface area contributed by atoms with Crippen LogP contribution in [0, 0.1) is 6.92 Å². The second-order valence-electron chi connectivity index (χ2n) is 3.44. The van der Waals surface area contributed by atoms with Gasteiger partial charge >= 0.3 is 0 Å². The molecule has 0 spiro atoms. The Hall–Kier alpha value is -0.260. The van der Waals surface area contributed by atoms with Gasteiger partial charge in [0.25, 0.3) is 0 Å². The second kappa shape index (κ2) is 4.31. The van der Waals surface area contributed by atoms with E-state index in [-0.39, 0.29) is 11.9 Å². The lowest BCUT2D eigenvalue weighted by Gasteiger charge is -2.12. The molecule has 0 saturated carbocycles. The van der Waals surface area contributed by atoms with Crippen LogP contribution in [0.2, 0.25) is 0 Å². The zero-order valence-electron chi connectivity index (χ0n) is 8.09. The number of rotatable bonds is 3. The number of hydrogen-bond acceptors (Lipinski definition) is 3. The van der Waals surface area contributed by atoms with Crippen molar-refractivity contribution >= 4 is 31.9 Å². The van der Waals surface area contributed by atoms with E-state index in [1.807, 2.05) is 6.92 Å². The van der Waals surface area contributed by atoms with Crippen molar-refractivity contribution in [2.45, 2.75) is 13.0 Å². The van der Waals surface area contributed by atoms with Gasteiger partial charge < -0.3 is 14.6 Å². The zero-order chi connectivity index (χ0) is 11.0. The minimum atomic E-state index is 0.183. The highest BCUT2D eigenvalue weighted by molar-refractivity contribution is 9.11. The summed E-state index contributed by atoms with van der Waals surface area (Å²) in [7, 11) is 0. The standard InChI is InChI=1S/C10H10Br2O3/c1-5-2-7(13)9(12)10(8(5)11)15-4-6-3-14-6/h2,6,13H,3-4H2,1H3.